The molecule has 1 aromatic rings. The Morgan fingerprint density at radius 1 is 1.48 bits per heavy atom. The summed E-state index contributed by atoms with van der Waals surface area (Å²) >= 11 is 0. The molecule has 0 aromatic carbocycles. The molecule has 0 radical (unpaired) electrons. The van der Waals surface area contributed by atoms with Crippen LogP contribution >= 0.6 is 0 Å². The Morgan fingerprint density at radius 3 is 2.91 bits per heavy atom. The van der Waals surface area contributed by atoms with Gasteiger partial charge in [-0.3, -0.25) is 14.8 Å². The molecule has 0 bridgehead atoms. The van der Waals surface area contributed by atoms with Crippen LogP contribution in [0.2, 0.25) is 0 Å². The molecule has 0 N–H and O–H groups in total. The molecule has 23 heavy (non-hydrogen) atoms. The summed E-state index contributed by atoms with van der Waals surface area (Å²) < 4.78 is 18.1. The number of nitro groups is 1. The van der Waals surface area contributed by atoms with Gasteiger partial charge in [0.2, 0.25) is 0 Å². The van der Waals surface area contributed by atoms with Crippen LogP contribution in [0.25, 0.3) is 0 Å². The minimum atomic E-state index is -0.406. The van der Waals surface area contributed by atoms with E-state index in [0.717, 1.165) is 25.7 Å². The zero-order valence-corrected chi connectivity index (χ0v) is 13.6. The third-order valence-electron chi connectivity index (χ3n) is 4.62. The van der Waals surface area contributed by atoms with E-state index < -0.39 is 4.92 Å². The molecule has 1 saturated heterocycles. The van der Waals surface area contributed by atoms with E-state index in [-0.39, 0.29) is 23.2 Å². The zero-order chi connectivity index (χ0) is 16.4. The van der Waals surface area contributed by atoms with Gasteiger partial charge in [-0.2, -0.15) is 0 Å². The Labute approximate surface area is 134 Å². The van der Waals surface area contributed by atoms with Crippen molar-refractivity contribution in [1.82, 2.24) is 9.78 Å². The molecule has 1 spiro atoms. The molecule has 2 fully saturated rings. The maximum atomic E-state index is 11.4. The van der Waals surface area contributed by atoms with Crippen LogP contribution in [0.1, 0.15) is 43.8 Å². The predicted octanol–water partition coefficient (Wildman–Crippen LogP) is 2.40. The summed E-state index contributed by atoms with van der Waals surface area (Å²) in [6.07, 6.45) is 4.51. The van der Waals surface area contributed by atoms with Crippen molar-refractivity contribution >= 4 is 5.69 Å². The van der Waals surface area contributed by atoms with E-state index in [9.17, 15) is 10.1 Å². The average Bonchev–Trinajstić information content (AvgIpc) is 3.16. The van der Waals surface area contributed by atoms with Crippen molar-refractivity contribution in [1.29, 1.82) is 0 Å². The van der Waals surface area contributed by atoms with Crippen molar-refractivity contribution < 1.29 is 19.1 Å². The molecule has 0 amide bonds. The van der Waals surface area contributed by atoms with Crippen molar-refractivity contribution in [3.8, 4) is 5.88 Å². The average molecular weight is 325 g/mol. The van der Waals surface area contributed by atoms with Crippen LogP contribution < -0.4 is 4.74 Å². The highest BCUT2D eigenvalue weighted by molar-refractivity contribution is 5.45. The summed E-state index contributed by atoms with van der Waals surface area (Å²) in [4.78, 5) is 11.0. The molecule has 1 aliphatic carbocycles. The fourth-order valence-electron chi connectivity index (χ4n) is 3.22. The Bertz CT molecular complexity index is 582. The first-order chi connectivity index (χ1) is 11.1. The van der Waals surface area contributed by atoms with Gasteiger partial charge in [0.15, 0.2) is 0 Å². The Hall–Kier alpha value is -1.67. The lowest BCUT2D eigenvalue weighted by Gasteiger charge is -2.30. The number of ether oxygens (including phenoxy) is 3. The van der Waals surface area contributed by atoms with Gasteiger partial charge in [-0.25, -0.2) is 0 Å². The minimum absolute atomic E-state index is 0.00439. The van der Waals surface area contributed by atoms with Crippen LogP contribution in [0.4, 0.5) is 5.69 Å². The quantitative estimate of drug-likeness (QED) is 0.434. The lowest BCUT2D eigenvalue weighted by atomic mass is 10.0. The highest BCUT2D eigenvalue weighted by Crippen LogP contribution is 2.50. The highest BCUT2D eigenvalue weighted by atomic mass is 16.6. The number of methoxy groups -OCH3 is 1. The lowest BCUT2D eigenvalue weighted by Crippen LogP contribution is -2.30. The molecule has 1 aromatic heterocycles. The van der Waals surface area contributed by atoms with Crippen LogP contribution in [0, 0.1) is 17.0 Å². The molecule has 1 saturated carbocycles. The van der Waals surface area contributed by atoms with Gasteiger partial charge in [0.05, 0.1) is 23.2 Å². The van der Waals surface area contributed by atoms with E-state index in [1.54, 1.807) is 18.7 Å². The number of aromatic nitrogens is 2. The Kier molecular flexibility index (Phi) is 4.54. The molecule has 128 valence electrons. The highest BCUT2D eigenvalue weighted by Gasteiger charge is 2.49. The number of rotatable bonds is 7. The first-order valence-corrected chi connectivity index (χ1v) is 8.05. The van der Waals surface area contributed by atoms with Crippen molar-refractivity contribution in [3.05, 3.63) is 15.8 Å². The largest absolute Gasteiger partial charge is 0.472 e. The summed E-state index contributed by atoms with van der Waals surface area (Å²) in [6, 6.07) is 0.140. The van der Waals surface area contributed by atoms with Gasteiger partial charge >= 0.3 is 11.6 Å². The van der Waals surface area contributed by atoms with E-state index in [4.69, 9.17) is 14.2 Å². The van der Waals surface area contributed by atoms with Gasteiger partial charge in [-0.15, -0.1) is 5.10 Å². The number of hydrogen-bond acceptors (Lipinski definition) is 6. The normalized spacial score (nSPS) is 22.3. The second kappa shape index (κ2) is 6.45. The van der Waals surface area contributed by atoms with Gasteiger partial charge in [0.25, 0.3) is 0 Å². The molecule has 2 aliphatic rings. The van der Waals surface area contributed by atoms with Crippen LogP contribution in [-0.2, 0) is 9.47 Å². The molecular formula is C15H23N3O5. The zero-order valence-electron chi connectivity index (χ0n) is 13.6. The topological polar surface area (TPSA) is 88.7 Å². The minimum Gasteiger partial charge on any atom is -0.472 e. The van der Waals surface area contributed by atoms with Crippen LogP contribution in [0.5, 0.6) is 5.88 Å². The Morgan fingerprint density at radius 2 is 2.26 bits per heavy atom. The molecule has 2 heterocycles. The number of hydrogen-bond donors (Lipinski definition) is 0. The summed E-state index contributed by atoms with van der Waals surface area (Å²) in [6.45, 7) is 3.32. The fraction of sp³-hybridized carbons (Fsp3) is 0.800. The second-order valence-corrected chi connectivity index (χ2v) is 6.31. The summed E-state index contributed by atoms with van der Waals surface area (Å²) in [5.74, 6) is 0.111. The molecule has 1 unspecified atom stereocenters. The van der Waals surface area contributed by atoms with Gasteiger partial charge in [0, 0.05) is 26.7 Å². The second-order valence-electron chi connectivity index (χ2n) is 6.31. The first kappa shape index (κ1) is 16.2. The van der Waals surface area contributed by atoms with E-state index in [2.05, 4.69) is 5.10 Å². The standard InChI is InChI=1S/C15H23N3O5/c1-11-13(18(19)20)14(22-8-3-7-21-2)16-17(11)12-4-9-23-15(10-12)5-6-15/h12H,3-10H2,1-2H3. The Balaban J connectivity index is 1.78. The van der Waals surface area contributed by atoms with Crippen LogP contribution in [-0.4, -0.2) is 47.2 Å². The van der Waals surface area contributed by atoms with E-state index in [1.165, 1.54) is 0 Å². The van der Waals surface area contributed by atoms with Crippen molar-refractivity contribution in [2.75, 3.05) is 26.9 Å². The summed E-state index contributed by atoms with van der Waals surface area (Å²) in [5.41, 5.74) is 0.522. The monoisotopic (exact) mass is 325 g/mol. The van der Waals surface area contributed by atoms with Crippen LogP contribution in [0.3, 0.4) is 0 Å². The van der Waals surface area contributed by atoms with Crippen molar-refractivity contribution in [2.24, 2.45) is 0 Å². The smallest absolute Gasteiger partial charge is 0.352 e. The van der Waals surface area contributed by atoms with Gasteiger partial charge in [-0.05, 0) is 32.6 Å². The first-order valence-electron chi connectivity index (χ1n) is 8.05. The number of nitrogens with zero attached hydrogens (tertiary/aromatic N) is 3. The SMILES string of the molecule is COCCCOc1nn(C2CCOC3(CC3)C2)c(C)c1[N+](=O)[O-]. The van der Waals surface area contributed by atoms with E-state index >= 15 is 0 Å². The lowest BCUT2D eigenvalue weighted by molar-refractivity contribution is -0.386. The van der Waals surface area contributed by atoms with Crippen LogP contribution in [0.15, 0.2) is 0 Å². The van der Waals surface area contributed by atoms with E-state index in [1.807, 2.05) is 0 Å². The van der Waals surface area contributed by atoms with E-state index in [0.29, 0.717) is 31.9 Å². The fourth-order valence-corrected chi connectivity index (χ4v) is 3.22. The molecule has 3 rings (SSSR count). The third-order valence-corrected chi connectivity index (χ3v) is 4.62. The summed E-state index contributed by atoms with van der Waals surface area (Å²) in [7, 11) is 1.61. The third kappa shape index (κ3) is 3.32. The van der Waals surface area contributed by atoms with Gasteiger partial charge in [-0.1, -0.05) is 0 Å². The van der Waals surface area contributed by atoms with Gasteiger partial charge in [0.1, 0.15) is 5.69 Å². The maximum Gasteiger partial charge on any atom is 0.352 e. The molecular weight excluding hydrogens is 302 g/mol. The summed E-state index contributed by atoms with van der Waals surface area (Å²) in [5, 5.41) is 15.8. The molecule has 8 nitrogen and oxygen atoms in total. The van der Waals surface area contributed by atoms with Gasteiger partial charge < -0.3 is 14.2 Å². The molecule has 1 atom stereocenters. The van der Waals surface area contributed by atoms with Crippen molar-refractivity contribution in [3.63, 3.8) is 0 Å². The van der Waals surface area contributed by atoms with Crippen molar-refractivity contribution in [2.45, 2.75) is 50.7 Å². The molecule has 1 aliphatic heterocycles. The predicted molar refractivity (Wildman–Crippen MR) is 81.8 cm³/mol. The molecule has 8 heteroatoms. The maximum absolute atomic E-state index is 11.4.